The molecule has 1 fully saturated rings. The van der Waals surface area contributed by atoms with Crippen molar-refractivity contribution in [2.45, 2.75) is 43.2 Å². The number of piperidine rings is 1. The second-order valence-electron chi connectivity index (χ2n) is 6.85. The Morgan fingerprint density at radius 3 is 2.68 bits per heavy atom. The van der Waals surface area contributed by atoms with E-state index in [1.807, 2.05) is 6.92 Å². The molecular weight excluding hydrogens is 344 g/mol. The summed E-state index contributed by atoms with van der Waals surface area (Å²) in [5, 5.41) is 8.88. The summed E-state index contributed by atoms with van der Waals surface area (Å²) in [6.07, 6.45) is 2.07. The molecule has 1 saturated heterocycles. The van der Waals surface area contributed by atoms with Crippen LogP contribution in [0.3, 0.4) is 0 Å². The molecule has 0 saturated carbocycles. The Balaban J connectivity index is 1.68. The predicted molar refractivity (Wildman–Crippen MR) is 92.3 cm³/mol. The van der Waals surface area contributed by atoms with Gasteiger partial charge in [-0.1, -0.05) is 0 Å². The average molecular weight is 368 g/mol. The van der Waals surface area contributed by atoms with Gasteiger partial charge in [-0.2, -0.15) is 4.31 Å². The topological polar surface area (TPSA) is 87.2 Å². The van der Waals surface area contributed by atoms with Gasteiger partial charge in [0, 0.05) is 25.6 Å². The van der Waals surface area contributed by atoms with Crippen LogP contribution in [0.2, 0.25) is 0 Å². The van der Waals surface area contributed by atoms with Gasteiger partial charge in [-0.05, 0) is 50.6 Å². The van der Waals surface area contributed by atoms with Gasteiger partial charge in [0.15, 0.2) is 0 Å². The molecule has 0 spiro atoms. The molecule has 3 rings (SSSR count). The van der Waals surface area contributed by atoms with Crippen molar-refractivity contribution < 1.29 is 23.1 Å². The molecule has 8 heteroatoms. The number of aliphatic carboxylic acids is 1. The number of carboxylic acid groups (broad SMARTS) is 1. The van der Waals surface area contributed by atoms with Crippen LogP contribution in [-0.2, 0) is 21.2 Å². The summed E-state index contributed by atoms with van der Waals surface area (Å²) in [7, 11) is -1.76. The summed E-state index contributed by atoms with van der Waals surface area (Å²) < 4.78 is 32.9. The number of rotatable bonds is 5. The van der Waals surface area contributed by atoms with E-state index < -0.39 is 16.0 Å². The monoisotopic (exact) mass is 368 g/mol. The Morgan fingerprint density at radius 1 is 1.36 bits per heavy atom. The van der Waals surface area contributed by atoms with Gasteiger partial charge in [-0.15, -0.1) is 0 Å². The third-order valence-corrected chi connectivity index (χ3v) is 6.83. The van der Waals surface area contributed by atoms with Gasteiger partial charge in [0.25, 0.3) is 0 Å². The van der Waals surface area contributed by atoms with Crippen LogP contribution in [0, 0.1) is 0 Å². The number of fused-ring (bicyclic) bond motifs is 1. The first kappa shape index (κ1) is 18.2. The summed E-state index contributed by atoms with van der Waals surface area (Å²) in [6.45, 7) is 2.74. The van der Waals surface area contributed by atoms with Crippen molar-refractivity contribution in [3.63, 3.8) is 0 Å². The van der Waals surface area contributed by atoms with Crippen LogP contribution in [0.25, 0.3) is 0 Å². The molecule has 1 unspecified atom stereocenters. The van der Waals surface area contributed by atoms with Crippen LogP contribution in [0.1, 0.15) is 25.3 Å². The van der Waals surface area contributed by atoms with Gasteiger partial charge in [-0.3, -0.25) is 9.69 Å². The minimum Gasteiger partial charge on any atom is -0.490 e. The van der Waals surface area contributed by atoms with Crippen LogP contribution < -0.4 is 4.74 Å². The van der Waals surface area contributed by atoms with Crippen LogP contribution in [0.15, 0.2) is 23.1 Å². The molecule has 2 heterocycles. The predicted octanol–water partition coefficient (Wildman–Crippen LogP) is 1.18. The molecule has 0 radical (unpaired) electrons. The number of nitrogens with zero attached hydrogens (tertiary/aromatic N) is 2. The molecule has 138 valence electrons. The van der Waals surface area contributed by atoms with Crippen LogP contribution in [-0.4, -0.2) is 67.5 Å². The van der Waals surface area contributed by atoms with E-state index in [1.54, 1.807) is 30.1 Å². The van der Waals surface area contributed by atoms with E-state index in [-0.39, 0.29) is 18.7 Å². The maximum atomic E-state index is 12.9. The van der Waals surface area contributed by atoms with E-state index in [2.05, 4.69) is 0 Å². The molecule has 1 N–H and O–H groups in total. The molecular formula is C17H24N2O5S. The lowest BCUT2D eigenvalue weighted by atomic mass is 10.1. The number of sulfonamides is 1. The fraction of sp³-hybridized carbons (Fsp3) is 0.588. The number of carbonyl (C=O) groups is 1. The van der Waals surface area contributed by atoms with Crippen LogP contribution in [0.5, 0.6) is 5.75 Å². The van der Waals surface area contributed by atoms with Crippen molar-refractivity contribution in [3.05, 3.63) is 23.8 Å². The summed E-state index contributed by atoms with van der Waals surface area (Å²) in [5.74, 6) is -0.104. The lowest BCUT2D eigenvalue weighted by Gasteiger charge is -2.35. The molecule has 0 aromatic heterocycles. The van der Waals surface area contributed by atoms with Crippen molar-refractivity contribution in [2.24, 2.45) is 0 Å². The summed E-state index contributed by atoms with van der Waals surface area (Å²) in [6, 6.07) is 5.15. The summed E-state index contributed by atoms with van der Waals surface area (Å²) >= 11 is 0. The first-order chi connectivity index (χ1) is 11.8. The third-order valence-electron chi connectivity index (χ3n) is 4.94. The highest BCUT2D eigenvalue weighted by molar-refractivity contribution is 7.89. The number of ether oxygens (including phenoxy) is 1. The van der Waals surface area contributed by atoms with Gasteiger partial charge in [-0.25, -0.2) is 8.42 Å². The molecule has 7 nitrogen and oxygen atoms in total. The zero-order chi connectivity index (χ0) is 18.2. The van der Waals surface area contributed by atoms with Crippen LogP contribution >= 0.6 is 0 Å². The Bertz CT molecular complexity index is 756. The quantitative estimate of drug-likeness (QED) is 0.840. The molecule has 1 aromatic rings. The van der Waals surface area contributed by atoms with E-state index in [1.165, 1.54) is 4.31 Å². The smallest absolute Gasteiger partial charge is 0.317 e. The molecule has 0 aliphatic carbocycles. The zero-order valence-electron chi connectivity index (χ0n) is 14.5. The van der Waals surface area contributed by atoms with Gasteiger partial charge in [0.2, 0.25) is 10.0 Å². The van der Waals surface area contributed by atoms with E-state index in [0.29, 0.717) is 30.8 Å². The zero-order valence-corrected chi connectivity index (χ0v) is 15.3. The molecule has 1 atom stereocenters. The molecule has 25 heavy (non-hydrogen) atoms. The lowest BCUT2D eigenvalue weighted by molar-refractivity contribution is -0.138. The fourth-order valence-corrected chi connectivity index (χ4v) is 5.09. The Kier molecular flexibility index (Phi) is 5.04. The minimum atomic E-state index is -3.53. The normalized spacial score (nSPS) is 22.0. The van der Waals surface area contributed by atoms with E-state index >= 15 is 0 Å². The third kappa shape index (κ3) is 3.80. The van der Waals surface area contributed by atoms with Crippen molar-refractivity contribution in [2.75, 3.05) is 26.7 Å². The highest BCUT2D eigenvalue weighted by Crippen LogP contribution is 2.32. The van der Waals surface area contributed by atoms with Gasteiger partial charge in [0.05, 0.1) is 11.4 Å². The SMILES string of the molecule is CC1Cc2cc(S(=O)(=O)N3CCC(N(C)CC(=O)O)CC3)ccc2O1. The van der Waals surface area contributed by atoms with Crippen molar-refractivity contribution in [1.82, 2.24) is 9.21 Å². The molecule has 0 bridgehead atoms. The van der Waals surface area contributed by atoms with E-state index in [0.717, 1.165) is 17.7 Å². The van der Waals surface area contributed by atoms with E-state index in [9.17, 15) is 13.2 Å². The average Bonchev–Trinajstić information content (AvgIpc) is 2.93. The molecule has 0 amide bonds. The molecule has 2 aliphatic rings. The first-order valence-electron chi connectivity index (χ1n) is 8.49. The summed E-state index contributed by atoms with van der Waals surface area (Å²) in [4.78, 5) is 12.9. The fourth-order valence-electron chi connectivity index (χ4n) is 3.57. The standard InChI is InChI=1S/C17H24N2O5S/c1-12-9-13-10-15(3-4-16(13)24-12)25(22,23)19-7-5-14(6-8-19)18(2)11-17(20)21/h3-4,10,12,14H,5-9,11H2,1-2H3,(H,20,21). The number of hydrogen-bond acceptors (Lipinski definition) is 5. The Hall–Kier alpha value is -1.64. The van der Waals surface area contributed by atoms with Crippen LogP contribution in [0.4, 0.5) is 0 Å². The second-order valence-corrected chi connectivity index (χ2v) is 8.78. The van der Waals surface area contributed by atoms with Crippen molar-refractivity contribution in [1.29, 1.82) is 0 Å². The number of carboxylic acids is 1. The number of likely N-dealkylation sites (N-methyl/N-ethyl adjacent to an activating group) is 1. The van der Waals surface area contributed by atoms with Crippen molar-refractivity contribution >= 4 is 16.0 Å². The Labute approximate surface area is 148 Å². The van der Waals surface area contributed by atoms with Crippen molar-refractivity contribution in [3.8, 4) is 5.75 Å². The Morgan fingerprint density at radius 2 is 2.04 bits per heavy atom. The lowest BCUT2D eigenvalue weighted by Crippen LogP contribution is -2.46. The maximum Gasteiger partial charge on any atom is 0.317 e. The van der Waals surface area contributed by atoms with Gasteiger partial charge in [0.1, 0.15) is 11.9 Å². The second kappa shape index (κ2) is 6.93. The molecule has 1 aromatic carbocycles. The van der Waals surface area contributed by atoms with Gasteiger partial charge < -0.3 is 9.84 Å². The summed E-state index contributed by atoms with van der Waals surface area (Å²) in [5.41, 5.74) is 0.935. The largest absolute Gasteiger partial charge is 0.490 e. The van der Waals surface area contributed by atoms with E-state index in [4.69, 9.17) is 9.84 Å². The van der Waals surface area contributed by atoms with Gasteiger partial charge >= 0.3 is 5.97 Å². The molecule has 2 aliphatic heterocycles. The number of benzene rings is 1. The number of hydrogen-bond donors (Lipinski definition) is 1. The minimum absolute atomic E-state index is 0.0274. The highest BCUT2D eigenvalue weighted by atomic mass is 32.2. The first-order valence-corrected chi connectivity index (χ1v) is 9.93. The maximum absolute atomic E-state index is 12.9. The highest BCUT2D eigenvalue weighted by Gasteiger charge is 2.32.